The van der Waals surface area contributed by atoms with Gasteiger partial charge in [0, 0.05) is 48.6 Å². The van der Waals surface area contributed by atoms with Crippen LogP contribution in [0.5, 0.6) is 0 Å². The average Bonchev–Trinajstić information content (AvgIpc) is 4.14. The van der Waals surface area contributed by atoms with E-state index in [0.717, 1.165) is 17.1 Å². The van der Waals surface area contributed by atoms with Crippen LogP contribution in [0.25, 0.3) is 91.8 Å². The molecule has 0 aliphatic heterocycles. The summed E-state index contributed by atoms with van der Waals surface area (Å²) in [6, 6.07) is 90.5. The van der Waals surface area contributed by atoms with Crippen molar-refractivity contribution in [1.29, 1.82) is 0 Å². The Labute approximate surface area is 397 Å². The molecule has 13 aromatic rings. The van der Waals surface area contributed by atoms with Crippen molar-refractivity contribution in [1.82, 2.24) is 4.57 Å². The second-order valence-electron chi connectivity index (χ2n) is 18.3. The fraction of sp³-hybridized carbons (Fsp3) is 0.0154. The van der Waals surface area contributed by atoms with Crippen molar-refractivity contribution >= 4 is 81.1 Å². The molecule has 0 amide bonds. The Morgan fingerprint density at radius 3 is 1.78 bits per heavy atom. The highest BCUT2D eigenvalue weighted by Gasteiger charge is 2.52. The number of rotatable bonds is 5. The number of hydrogen-bond acceptors (Lipinski definition) is 2. The summed E-state index contributed by atoms with van der Waals surface area (Å²) in [4.78, 5) is 2.51. The molecule has 2 heterocycles. The van der Waals surface area contributed by atoms with Crippen LogP contribution in [0.3, 0.4) is 0 Å². The molecule has 2 aliphatic carbocycles. The van der Waals surface area contributed by atoms with Crippen molar-refractivity contribution < 1.29 is 0 Å². The molecule has 0 saturated carbocycles. The summed E-state index contributed by atoms with van der Waals surface area (Å²) < 4.78 is 5.17. The molecule has 2 aromatic heterocycles. The topological polar surface area (TPSA) is 8.17 Å². The Hall–Kier alpha value is -8.50. The third-order valence-electron chi connectivity index (χ3n) is 15.0. The Balaban J connectivity index is 1.07. The molecule has 1 spiro atoms. The second kappa shape index (κ2) is 14.3. The smallest absolute Gasteiger partial charge is 0.0726 e. The van der Waals surface area contributed by atoms with Crippen LogP contribution in [-0.2, 0) is 5.41 Å². The van der Waals surface area contributed by atoms with E-state index in [1.54, 1.807) is 0 Å². The van der Waals surface area contributed by atoms with Gasteiger partial charge in [0.05, 0.1) is 32.5 Å². The van der Waals surface area contributed by atoms with Gasteiger partial charge in [0.25, 0.3) is 0 Å². The van der Waals surface area contributed by atoms with Gasteiger partial charge >= 0.3 is 0 Å². The van der Waals surface area contributed by atoms with Crippen molar-refractivity contribution in [2.45, 2.75) is 5.41 Å². The molecule has 68 heavy (non-hydrogen) atoms. The van der Waals surface area contributed by atoms with E-state index in [9.17, 15) is 0 Å². The molecule has 0 saturated heterocycles. The number of nitrogens with zero attached hydrogens (tertiary/aromatic N) is 2. The summed E-state index contributed by atoms with van der Waals surface area (Å²) in [6.07, 6.45) is 0. The summed E-state index contributed by atoms with van der Waals surface area (Å²) in [7, 11) is 0. The first-order valence-electron chi connectivity index (χ1n) is 23.5. The Kier molecular flexibility index (Phi) is 7.90. The van der Waals surface area contributed by atoms with Gasteiger partial charge in [-0.1, -0.05) is 194 Å². The van der Waals surface area contributed by atoms with E-state index in [4.69, 9.17) is 0 Å². The number of anilines is 3. The van der Waals surface area contributed by atoms with E-state index in [-0.39, 0.29) is 0 Å². The first-order valence-corrected chi connectivity index (χ1v) is 24.3. The lowest BCUT2D eigenvalue weighted by Gasteiger charge is -2.31. The molecule has 2 nitrogen and oxygen atoms in total. The molecule has 2 aliphatic rings. The quantitative estimate of drug-likeness (QED) is 0.167. The fourth-order valence-corrected chi connectivity index (χ4v) is 13.5. The van der Waals surface area contributed by atoms with E-state index in [1.807, 2.05) is 11.3 Å². The zero-order valence-corrected chi connectivity index (χ0v) is 37.7. The van der Waals surface area contributed by atoms with Crippen molar-refractivity contribution in [3.63, 3.8) is 0 Å². The molecule has 0 radical (unpaired) electrons. The summed E-state index contributed by atoms with van der Waals surface area (Å²) in [6.45, 7) is 0. The number of benzene rings is 11. The van der Waals surface area contributed by atoms with Gasteiger partial charge in [0.15, 0.2) is 0 Å². The van der Waals surface area contributed by atoms with E-state index in [2.05, 4.69) is 252 Å². The van der Waals surface area contributed by atoms with Crippen molar-refractivity contribution in [2.75, 3.05) is 4.90 Å². The predicted molar refractivity (Wildman–Crippen MR) is 288 cm³/mol. The fourth-order valence-electron chi connectivity index (χ4n) is 12.3. The molecule has 0 unspecified atom stereocenters. The van der Waals surface area contributed by atoms with Crippen molar-refractivity contribution in [3.05, 3.63) is 265 Å². The van der Waals surface area contributed by atoms with Crippen molar-refractivity contribution in [3.8, 4) is 39.1 Å². The van der Waals surface area contributed by atoms with Crippen molar-refractivity contribution in [2.24, 2.45) is 0 Å². The van der Waals surface area contributed by atoms with Gasteiger partial charge in [-0.3, -0.25) is 0 Å². The minimum Gasteiger partial charge on any atom is -0.310 e. The standard InChI is InChI=1S/C65H40N2S/c1-3-19-41(20-4-1)52-39-42-21-7-8-24-45(42)63-61(52)51-38-37-44(40-59(51)67(63)58-35-17-29-49-48-27-12-16-36-60(48)68-64(49)58)66(43-22-5-2-6-23-43)57-34-18-33-56-62(57)50-28-11-15-32-55(50)65(56)53-30-13-9-25-46(53)47-26-10-14-31-54(47)65/h1-40H. The zero-order chi connectivity index (χ0) is 44.5. The van der Waals surface area contributed by atoms with Crippen LogP contribution in [0.2, 0.25) is 0 Å². The summed E-state index contributed by atoms with van der Waals surface area (Å²) in [5, 5.41) is 7.52. The van der Waals surface area contributed by atoms with Crippen LogP contribution < -0.4 is 4.90 Å². The van der Waals surface area contributed by atoms with Crippen LogP contribution in [0.1, 0.15) is 22.3 Å². The zero-order valence-electron chi connectivity index (χ0n) is 36.9. The maximum absolute atomic E-state index is 2.59. The van der Waals surface area contributed by atoms with Gasteiger partial charge in [-0.25, -0.2) is 0 Å². The van der Waals surface area contributed by atoms with Crippen LogP contribution in [0.15, 0.2) is 243 Å². The summed E-state index contributed by atoms with van der Waals surface area (Å²) in [5.74, 6) is 0. The molecule has 316 valence electrons. The van der Waals surface area contributed by atoms with E-state index < -0.39 is 5.41 Å². The molecule has 15 rings (SSSR count). The lowest BCUT2D eigenvalue weighted by Crippen LogP contribution is -2.26. The number of aromatic nitrogens is 1. The van der Waals surface area contributed by atoms with Crippen LogP contribution >= 0.6 is 11.3 Å². The molecule has 3 heteroatoms. The minimum atomic E-state index is -0.453. The maximum Gasteiger partial charge on any atom is 0.0726 e. The first kappa shape index (κ1) is 37.7. The Morgan fingerprint density at radius 2 is 1.00 bits per heavy atom. The van der Waals surface area contributed by atoms with Gasteiger partial charge in [-0.05, 0) is 104 Å². The Morgan fingerprint density at radius 1 is 0.397 bits per heavy atom. The first-order chi connectivity index (χ1) is 33.8. The number of thiophene rings is 1. The minimum absolute atomic E-state index is 0.453. The lowest BCUT2D eigenvalue weighted by atomic mass is 9.70. The predicted octanol–water partition coefficient (Wildman–Crippen LogP) is 17.8. The van der Waals surface area contributed by atoms with Crippen LogP contribution in [0.4, 0.5) is 17.1 Å². The van der Waals surface area contributed by atoms with Gasteiger partial charge in [0.1, 0.15) is 0 Å². The second-order valence-corrected chi connectivity index (χ2v) is 19.3. The van der Waals surface area contributed by atoms with Gasteiger partial charge in [-0.15, -0.1) is 11.3 Å². The molecule has 11 aromatic carbocycles. The van der Waals surface area contributed by atoms with Gasteiger partial charge in [-0.2, -0.15) is 0 Å². The van der Waals surface area contributed by atoms with Crippen LogP contribution in [-0.4, -0.2) is 4.57 Å². The molecular formula is C65H40N2S. The van der Waals surface area contributed by atoms with E-state index in [0.29, 0.717) is 0 Å². The SMILES string of the molecule is c1ccc(-c2cc3ccccc3c3c2c2ccc(N(c4ccccc4)c4cccc5c4-c4ccccc4C54c5ccccc5-c5ccccc54)cc2n3-c2cccc3c2sc2ccccc23)cc1. The third kappa shape index (κ3) is 5.01. The largest absolute Gasteiger partial charge is 0.310 e. The average molecular weight is 881 g/mol. The monoisotopic (exact) mass is 880 g/mol. The number of hydrogen-bond donors (Lipinski definition) is 0. The van der Waals surface area contributed by atoms with Gasteiger partial charge in [0.2, 0.25) is 0 Å². The normalized spacial score (nSPS) is 13.1. The highest BCUT2D eigenvalue weighted by molar-refractivity contribution is 7.26. The van der Waals surface area contributed by atoms with E-state index in [1.165, 1.54) is 114 Å². The molecular weight excluding hydrogens is 841 g/mol. The molecule has 0 atom stereocenters. The van der Waals surface area contributed by atoms with E-state index >= 15 is 0 Å². The number of para-hydroxylation sites is 1. The lowest BCUT2D eigenvalue weighted by molar-refractivity contribution is 0.794. The Bertz CT molecular complexity index is 4170. The maximum atomic E-state index is 2.59. The highest BCUT2D eigenvalue weighted by atomic mass is 32.1. The third-order valence-corrected chi connectivity index (χ3v) is 16.2. The number of fused-ring (bicyclic) bond motifs is 18. The van der Waals surface area contributed by atoms with Gasteiger partial charge < -0.3 is 9.47 Å². The highest BCUT2D eigenvalue weighted by Crippen LogP contribution is 2.64. The summed E-state index contributed by atoms with van der Waals surface area (Å²) >= 11 is 1.89. The summed E-state index contributed by atoms with van der Waals surface area (Å²) in [5.41, 5.74) is 19.4. The van der Waals surface area contributed by atoms with Crippen LogP contribution in [0, 0.1) is 0 Å². The molecule has 0 bridgehead atoms. The molecule has 0 fully saturated rings. The molecule has 0 N–H and O–H groups in total.